The standard InChI is InChI=1S/C23H32N4O2.ClH/c1-4-25(5-2)14-15-26-20-11-7-8-12-21(20)27(23(26)24)16-19(28)17-29-22-13-9-6-10-18(22)3;/h6-13,19,24,28H,4-5,14-17H2,1-3H3;1H. The molecule has 6 nitrogen and oxygen atoms in total. The number of aliphatic hydroxyl groups excluding tert-OH is 1. The van der Waals surface area contributed by atoms with Crippen molar-refractivity contribution in [1.29, 1.82) is 5.41 Å². The first-order valence-electron chi connectivity index (χ1n) is 10.4. The molecule has 164 valence electrons. The number of aromatic nitrogens is 2. The van der Waals surface area contributed by atoms with E-state index in [2.05, 4.69) is 18.7 Å². The van der Waals surface area contributed by atoms with Gasteiger partial charge in [-0.1, -0.05) is 44.2 Å². The SMILES string of the molecule is CCN(CC)CCn1c(=N)n(CC(O)COc2ccccc2C)c2ccccc21.Cl. The van der Waals surface area contributed by atoms with Crippen LogP contribution in [0.5, 0.6) is 5.75 Å². The highest BCUT2D eigenvalue weighted by Crippen LogP contribution is 2.17. The zero-order chi connectivity index (χ0) is 20.8. The zero-order valence-electron chi connectivity index (χ0n) is 18.0. The maximum absolute atomic E-state index is 10.6. The van der Waals surface area contributed by atoms with Crippen molar-refractivity contribution in [3.8, 4) is 5.75 Å². The third kappa shape index (κ3) is 5.45. The number of hydrogen-bond donors (Lipinski definition) is 2. The smallest absolute Gasteiger partial charge is 0.203 e. The molecule has 1 heterocycles. The number of benzene rings is 2. The minimum atomic E-state index is -0.703. The van der Waals surface area contributed by atoms with Crippen LogP contribution in [0.4, 0.5) is 0 Å². The first-order valence-corrected chi connectivity index (χ1v) is 10.4. The fraction of sp³-hybridized carbons (Fsp3) is 0.435. The lowest BCUT2D eigenvalue weighted by molar-refractivity contribution is 0.0917. The van der Waals surface area contributed by atoms with Gasteiger partial charge >= 0.3 is 0 Å². The average Bonchev–Trinajstić information content (AvgIpc) is 2.99. The molecule has 7 heteroatoms. The van der Waals surface area contributed by atoms with Crippen molar-refractivity contribution in [2.45, 2.75) is 40.0 Å². The van der Waals surface area contributed by atoms with Gasteiger partial charge in [0.2, 0.25) is 5.62 Å². The third-order valence-corrected chi connectivity index (χ3v) is 5.43. The van der Waals surface area contributed by atoms with Crippen molar-refractivity contribution in [3.63, 3.8) is 0 Å². The zero-order valence-corrected chi connectivity index (χ0v) is 18.9. The van der Waals surface area contributed by atoms with Crippen LogP contribution in [0.1, 0.15) is 19.4 Å². The monoisotopic (exact) mass is 432 g/mol. The van der Waals surface area contributed by atoms with Gasteiger partial charge in [-0.3, -0.25) is 5.41 Å². The summed E-state index contributed by atoms with van der Waals surface area (Å²) in [5.41, 5.74) is 3.44. The molecule has 1 atom stereocenters. The molecule has 1 unspecified atom stereocenters. The van der Waals surface area contributed by atoms with Gasteiger partial charge in [0.25, 0.3) is 0 Å². The van der Waals surface area contributed by atoms with Crippen LogP contribution in [-0.4, -0.2) is 51.5 Å². The molecular formula is C23H33ClN4O2. The first-order chi connectivity index (χ1) is 14.0. The van der Waals surface area contributed by atoms with Crippen LogP contribution in [0.3, 0.4) is 0 Å². The third-order valence-electron chi connectivity index (χ3n) is 5.43. The van der Waals surface area contributed by atoms with Crippen LogP contribution >= 0.6 is 12.4 Å². The molecule has 0 amide bonds. The topological polar surface area (TPSA) is 66.4 Å². The number of hydrogen-bond acceptors (Lipinski definition) is 4. The summed E-state index contributed by atoms with van der Waals surface area (Å²) in [5, 5.41) is 19.3. The van der Waals surface area contributed by atoms with E-state index in [1.165, 1.54) is 0 Å². The Labute approximate surface area is 184 Å². The Hall–Kier alpha value is -2.28. The van der Waals surface area contributed by atoms with E-state index in [1.54, 1.807) is 0 Å². The van der Waals surface area contributed by atoms with E-state index in [0.29, 0.717) is 12.2 Å². The Morgan fingerprint density at radius 1 is 1.00 bits per heavy atom. The van der Waals surface area contributed by atoms with Crippen LogP contribution in [0, 0.1) is 12.3 Å². The van der Waals surface area contributed by atoms with Crippen molar-refractivity contribution < 1.29 is 9.84 Å². The first kappa shape index (κ1) is 24.0. The van der Waals surface area contributed by atoms with Gasteiger partial charge < -0.3 is 23.9 Å². The molecular weight excluding hydrogens is 400 g/mol. The van der Waals surface area contributed by atoms with Crippen LogP contribution in [0.25, 0.3) is 11.0 Å². The maximum atomic E-state index is 10.6. The van der Waals surface area contributed by atoms with Gasteiger partial charge in [0, 0.05) is 13.1 Å². The fourth-order valence-electron chi connectivity index (χ4n) is 3.65. The number of likely N-dealkylation sites (N-methyl/N-ethyl adjacent to an activating group) is 1. The number of rotatable bonds is 10. The maximum Gasteiger partial charge on any atom is 0.203 e. The fourth-order valence-corrected chi connectivity index (χ4v) is 3.65. The quantitative estimate of drug-likeness (QED) is 0.515. The largest absolute Gasteiger partial charge is 0.491 e. The van der Waals surface area contributed by atoms with Gasteiger partial charge in [0.05, 0.1) is 17.6 Å². The second-order valence-corrected chi connectivity index (χ2v) is 7.33. The van der Waals surface area contributed by atoms with Gasteiger partial charge in [-0.25, -0.2) is 0 Å². The van der Waals surface area contributed by atoms with Crippen LogP contribution in [0.15, 0.2) is 48.5 Å². The van der Waals surface area contributed by atoms with Gasteiger partial charge in [-0.05, 0) is 43.8 Å². The molecule has 0 aliphatic carbocycles. The van der Waals surface area contributed by atoms with Gasteiger partial charge in [-0.2, -0.15) is 0 Å². The molecule has 2 N–H and O–H groups in total. The van der Waals surface area contributed by atoms with Crippen molar-refractivity contribution in [2.75, 3.05) is 26.2 Å². The highest BCUT2D eigenvalue weighted by atomic mass is 35.5. The number of aliphatic hydroxyl groups is 1. The molecule has 30 heavy (non-hydrogen) atoms. The molecule has 0 saturated carbocycles. The summed E-state index contributed by atoms with van der Waals surface area (Å²) < 4.78 is 9.71. The van der Waals surface area contributed by atoms with Crippen molar-refractivity contribution in [1.82, 2.24) is 14.0 Å². The Bertz CT molecular complexity index is 994. The molecule has 2 aromatic carbocycles. The van der Waals surface area contributed by atoms with Gasteiger partial charge in [0.1, 0.15) is 18.5 Å². The minimum Gasteiger partial charge on any atom is -0.491 e. The van der Waals surface area contributed by atoms with Crippen molar-refractivity contribution >= 4 is 23.4 Å². The number of nitrogens with one attached hydrogen (secondary N) is 1. The van der Waals surface area contributed by atoms with Gasteiger partial charge in [0.15, 0.2) is 0 Å². The number of ether oxygens (including phenoxy) is 1. The molecule has 0 spiro atoms. The molecule has 0 radical (unpaired) electrons. The Morgan fingerprint density at radius 2 is 1.60 bits per heavy atom. The second-order valence-electron chi connectivity index (χ2n) is 7.33. The molecule has 0 fully saturated rings. The molecule has 3 aromatic rings. The number of nitrogens with zero attached hydrogens (tertiary/aromatic N) is 3. The summed E-state index contributed by atoms with van der Waals surface area (Å²) in [6.07, 6.45) is -0.703. The Morgan fingerprint density at radius 3 is 2.23 bits per heavy atom. The summed E-state index contributed by atoms with van der Waals surface area (Å²) in [6.45, 7) is 10.5. The lowest BCUT2D eigenvalue weighted by Crippen LogP contribution is -2.34. The predicted molar refractivity (Wildman–Crippen MR) is 123 cm³/mol. The number of halogens is 1. The van der Waals surface area contributed by atoms with E-state index in [1.807, 2.05) is 64.6 Å². The molecule has 0 aliphatic heterocycles. The number of imidazole rings is 1. The van der Waals surface area contributed by atoms with E-state index < -0.39 is 6.10 Å². The molecule has 3 rings (SSSR count). The lowest BCUT2D eigenvalue weighted by atomic mass is 10.2. The van der Waals surface area contributed by atoms with Gasteiger partial charge in [-0.15, -0.1) is 12.4 Å². The summed E-state index contributed by atoms with van der Waals surface area (Å²) in [4.78, 5) is 2.35. The van der Waals surface area contributed by atoms with E-state index in [9.17, 15) is 5.11 Å². The van der Waals surface area contributed by atoms with E-state index >= 15 is 0 Å². The lowest BCUT2D eigenvalue weighted by Gasteiger charge is -2.18. The summed E-state index contributed by atoms with van der Waals surface area (Å²) in [6, 6.07) is 15.8. The Kier molecular flexibility index (Phi) is 8.96. The normalized spacial score (nSPS) is 12.2. The van der Waals surface area contributed by atoms with E-state index in [-0.39, 0.29) is 19.0 Å². The van der Waals surface area contributed by atoms with E-state index in [4.69, 9.17) is 10.1 Å². The van der Waals surface area contributed by atoms with Crippen LogP contribution in [-0.2, 0) is 13.1 Å². The average molecular weight is 433 g/mol. The number of fused-ring (bicyclic) bond motifs is 1. The summed E-state index contributed by atoms with van der Waals surface area (Å²) >= 11 is 0. The second kappa shape index (κ2) is 11.2. The minimum absolute atomic E-state index is 0. The van der Waals surface area contributed by atoms with Crippen molar-refractivity contribution in [2.24, 2.45) is 0 Å². The highest BCUT2D eigenvalue weighted by Gasteiger charge is 2.15. The Balaban J connectivity index is 0.00000320. The number of para-hydroxylation sites is 3. The summed E-state index contributed by atoms with van der Waals surface area (Å²) in [7, 11) is 0. The molecule has 1 aromatic heterocycles. The molecule has 0 aliphatic rings. The molecule has 0 bridgehead atoms. The predicted octanol–water partition coefficient (Wildman–Crippen LogP) is 3.43. The highest BCUT2D eigenvalue weighted by molar-refractivity contribution is 5.85. The molecule has 0 saturated heterocycles. The summed E-state index contributed by atoms with van der Waals surface area (Å²) in [5.74, 6) is 0.782. The van der Waals surface area contributed by atoms with Crippen molar-refractivity contribution in [3.05, 3.63) is 59.7 Å². The van der Waals surface area contributed by atoms with E-state index in [0.717, 1.165) is 48.5 Å². The van der Waals surface area contributed by atoms with Crippen LogP contribution in [0.2, 0.25) is 0 Å². The number of aryl methyl sites for hydroxylation is 1. The van der Waals surface area contributed by atoms with Crippen LogP contribution < -0.4 is 10.4 Å².